The van der Waals surface area contributed by atoms with Crippen molar-refractivity contribution in [2.45, 2.75) is 0 Å². The molecule has 0 fully saturated rings. The minimum Gasteiger partial charge on any atom is -0.454 e. The number of hydrogen-bond acceptors (Lipinski definition) is 5. The van der Waals surface area contributed by atoms with Gasteiger partial charge in [-0.25, -0.2) is 0 Å². The monoisotopic (exact) mass is 577 g/mol. The van der Waals surface area contributed by atoms with Gasteiger partial charge in [-0.15, -0.1) is 0 Å². The number of pyridine rings is 2. The lowest BCUT2D eigenvalue weighted by molar-refractivity contribution is 0.668. The van der Waals surface area contributed by atoms with E-state index in [0.717, 1.165) is 61.2 Å². The summed E-state index contributed by atoms with van der Waals surface area (Å²) >= 11 is 0. The van der Waals surface area contributed by atoms with Crippen molar-refractivity contribution in [3.63, 3.8) is 0 Å². The lowest BCUT2D eigenvalue weighted by Gasteiger charge is -2.26. The van der Waals surface area contributed by atoms with Crippen molar-refractivity contribution in [1.29, 1.82) is 0 Å². The summed E-state index contributed by atoms with van der Waals surface area (Å²) in [6.07, 6.45) is 3.61. The van der Waals surface area contributed by atoms with Crippen molar-refractivity contribution in [2.75, 3.05) is 4.90 Å². The van der Waals surface area contributed by atoms with Crippen LogP contribution in [0.2, 0.25) is 0 Å². The third-order valence-electron chi connectivity index (χ3n) is 8.92. The van der Waals surface area contributed by atoms with Crippen molar-refractivity contribution in [3.8, 4) is 0 Å². The second kappa shape index (κ2) is 9.15. The molecule has 5 heteroatoms. The van der Waals surface area contributed by atoms with Gasteiger partial charge in [0.1, 0.15) is 22.2 Å². The van der Waals surface area contributed by atoms with Gasteiger partial charge < -0.3 is 13.7 Å². The minimum atomic E-state index is 0.774. The molecule has 0 aliphatic rings. The molecule has 0 radical (unpaired) electrons. The summed E-state index contributed by atoms with van der Waals surface area (Å²) in [7, 11) is 0. The van der Waals surface area contributed by atoms with E-state index in [9.17, 15) is 0 Å². The molecule has 0 amide bonds. The zero-order valence-electron chi connectivity index (χ0n) is 23.9. The molecular formula is C40H23N3O2. The lowest BCUT2D eigenvalue weighted by Crippen LogP contribution is -2.09. The maximum Gasteiger partial charge on any atom is 0.153 e. The fraction of sp³-hybridized carbons (Fsp3) is 0. The molecule has 10 rings (SSSR count). The molecule has 4 aromatic heterocycles. The van der Waals surface area contributed by atoms with Crippen LogP contribution in [-0.2, 0) is 0 Å². The minimum absolute atomic E-state index is 0.774. The van der Waals surface area contributed by atoms with E-state index in [1.807, 2.05) is 24.3 Å². The molecular weight excluding hydrogens is 554 g/mol. The largest absolute Gasteiger partial charge is 0.454 e. The Morgan fingerprint density at radius 3 is 1.29 bits per heavy atom. The quantitative estimate of drug-likeness (QED) is 0.196. The van der Waals surface area contributed by atoms with Gasteiger partial charge in [-0.3, -0.25) is 9.97 Å². The second-order valence-electron chi connectivity index (χ2n) is 11.4. The highest BCUT2D eigenvalue weighted by Crippen LogP contribution is 2.43. The van der Waals surface area contributed by atoms with Gasteiger partial charge >= 0.3 is 0 Å². The van der Waals surface area contributed by atoms with Crippen LogP contribution in [0.25, 0.3) is 76.5 Å². The van der Waals surface area contributed by atoms with Crippen LogP contribution in [0.15, 0.2) is 149 Å². The molecule has 0 spiro atoms. The molecule has 0 unspecified atom stereocenters. The van der Waals surface area contributed by atoms with Gasteiger partial charge in [-0.05, 0) is 93.0 Å². The normalized spacial score (nSPS) is 12.0. The fourth-order valence-electron chi connectivity index (χ4n) is 6.93. The lowest BCUT2D eigenvalue weighted by atomic mass is 9.94. The van der Waals surface area contributed by atoms with Crippen molar-refractivity contribution < 1.29 is 8.83 Å². The smallest absolute Gasteiger partial charge is 0.153 e. The predicted molar refractivity (Wildman–Crippen MR) is 184 cm³/mol. The number of fused-ring (bicyclic) bond motifs is 12. The predicted octanol–water partition coefficient (Wildman–Crippen LogP) is 11.2. The summed E-state index contributed by atoms with van der Waals surface area (Å²) in [5, 5.41) is 9.39. The van der Waals surface area contributed by atoms with Gasteiger partial charge in [-0.1, -0.05) is 54.6 Å². The Morgan fingerprint density at radius 2 is 0.778 bits per heavy atom. The summed E-state index contributed by atoms with van der Waals surface area (Å²) in [5.41, 5.74) is 7.84. The first kappa shape index (κ1) is 24.3. The van der Waals surface area contributed by atoms with Crippen LogP contribution in [-0.4, -0.2) is 9.97 Å². The molecule has 0 atom stereocenters. The first-order chi connectivity index (χ1) is 22.3. The topological polar surface area (TPSA) is 55.3 Å². The first-order valence-corrected chi connectivity index (χ1v) is 15.0. The summed E-state index contributed by atoms with van der Waals surface area (Å²) in [5.74, 6) is 0. The Hall–Kier alpha value is -6.20. The SMILES string of the molecule is c1cnc2c(c1)oc1cc(N(c3ccc4c(c3)oc3cccnc34)c3ccc4c5ccccc5c5ccccc5c4c3)ccc12. The molecule has 45 heavy (non-hydrogen) atoms. The van der Waals surface area contributed by atoms with Crippen molar-refractivity contribution in [1.82, 2.24) is 9.97 Å². The first-order valence-electron chi connectivity index (χ1n) is 15.0. The summed E-state index contributed by atoms with van der Waals surface area (Å²) in [6.45, 7) is 0. The van der Waals surface area contributed by atoms with E-state index >= 15 is 0 Å². The van der Waals surface area contributed by atoms with Gasteiger partial charge in [0.15, 0.2) is 11.2 Å². The van der Waals surface area contributed by atoms with Crippen LogP contribution in [0.4, 0.5) is 17.1 Å². The number of aromatic nitrogens is 2. The van der Waals surface area contributed by atoms with E-state index in [4.69, 9.17) is 8.83 Å². The van der Waals surface area contributed by atoms with E-state index < -0.39 is 0 Å². The molecule has 0 saturated carbocycles. The van der Waals surface area contributed by atoms with Crippen molar-refractivity contribution in [2.24, 2.45) is 0 Å². The standard InChI is InChI=1S/C40H23N3O2/c1-2-9-29-27(7-1)28-8-3-4-10-30(28)34-21-24(13-16-31(29)34)43(25-14-17-32-37(22-25)44-35-11-5-19-41-39(32)35)26-15-18-33-38(23-26)45-36-12-6-20-42-40(33)36/h1-23H. The van der Waals surface area contributed by atoms with E-state index in [0.29, 0.717) is 0 Å². The van der Waals surface area contributed by atoms with E-state index in [1.54, 1.807) is 12.4 Å². The molecule has 0 N–H and O–H groups in total. The molecule has 6 aromatic carbocycles. The highest BCUT2D eigenvalue weighted by molar-refractivity contribution is 6.25. The summed E-state index contributed by atoms with van der Waals surface area (Å²) < 4.78 is 12.6. The zero-order chi connectivity index (χ0) is 29.5. The number of hydrogen-bond donors (Lipinski definition) is 0. The maximum absolute atomic E-state index is 6.29. The fourth-order valence-corrected chi connectivity index (χ4v) is 6.93. The van der Waals surface area contributed by atoms with Crippen molar-refractivity contribution >= 4 is 93.5 Å². The Labute approximate surface area is 256 Å². The van der Waals surface area contributed by atoms with Crippen LogP contribution in [0, 0.1) is 0 Å². The molecule has 0 aliphatic carbocycles. The Balaban J connectivity index is 1.25. The van der Waals surface area contributed by atoms with Crippen LogP contribution in [0.1, 0.15) is 0 Å². The molecule has 0 saturated heterocycles. The molecule has 210 valence electrons. The Morgan fingerprint density at radius 1 is 0.356 bits per heavy atom. The maximum atomic E-state index is 6.29. The summed E-state index contributed by atoms with van der Waals surface area (Å²) in [6, 6.07) is 44.5. The number of benzene rings is 6. The van der Waals surface area contributed by atoms with Gasteiger partial charge in [0.25, 0.3) is 0 Å². The molecule has 10 aromatic rings. The average Bonchev–Trinajstić information content (AvgIpc) is 3.66. The van der Waals surface area contributed by atoms with E-state index in [-0.39, 0.29) is 0 Å². The van der Waals surface area contributed by atoms with Gasteiger partial charge in [0.05, 0.1) is 0 Å². The number of nitrogens with zero attached hydrogens (tertiary/aromatic N) is 3. The van der Waals surface area contributed by atoms with Crippen molar-refractivity contribution in [3.05, 3.63) is 140 Å². The van der Waals surface area contributed by atoms with Crippen LogP contribution < -0.4 is 4.90 Å². The summed E-state index contributed by atoms with van der Waals surface area (Å²) in [4.78, 5) is 11.4. The third kappa shape index (κ3) is 3.55. The molecule has 4 heterocycles. The van der Waals surface area contributed by atoms with Crippen LogP contribution >= 0.6 is 0 Å². The van der Waals surface area contributed by atoms with Gasteiger partial charge in [0, 0.05) is 52.4 Å². The van der Waals surface area contributed by atoms with E-state index in [1.165, 1.54) is 32.3 Å². The van der Waals surface area contributed by atoms with Crippen LogP contribution in [0.5, 0.6) is 0 Å². The number of anilines is 3. The zero-order valence-corrected chi connectivity index (χ0v) is 23.9. The third-order valence-corrected chi connectivity index (χ3v) is 8.92. The van der Waals surface area contributed by atoms with Crippen LogP contribution in [0.3, 0.4) is 0 Å². The number of rotatable bonds is 3. The molecule has 5 nitrogen and oxygen atoms in total. The van der Waals surface area contributed by atoms with Gasteiger partial charge in [-0.2, -0.15) is 0 Å². The highest BCUT2D eigenvalue weighted by atomic mass is 16.3. The second-order valence-corrected chi connectivity index (χ2v) is 11.4. The highest BCUT2D eigenvalue weighted by Gasteiger charge is 2.19. The van der Waals surface area contributed by atoms with Gasteiger partial charge in [0.2, 0.25) is 0 Å². The molecule has 0 bridgehead atoms. The van der Waals surface area contributed by atoms with E-state index in [2.05, 4.69) is 118 Å². The molecule has 0 aliphatic heterocycles. The number of furan rings is 2. The Bertz CT molecular complexity index is 2640. The average molecular weight is 578 g/mol. The Kier molecular flexibility index (Phi) is 4.93.